The second-order valence-corrected chi connectivity index (χ2v) is 4.73. The van der Waals surface area contributed by atoms with Crippen LogP contribution in [0.15, 0.2) is 18.2 Å². The first-order valence-electron chi connectivity index (χ1n) is 6.24. The minimum absolute atomic E-state index is 0.827. The SMILES string of the molecule is CCCCCCCNc1ccc(C)cc1Cl. The van der Waals surface area contributed by atoms with Gasteiger partial charge in [0.2, 0.25) is 0 Å². The Morgan fingerprint density at radius 3 is 2.56 bits per heavy atom. The highest BCUT2D eigenvalue weighted by atomic mass is 35.5. The van der Waals surface area contributed by atoms with Crippen LogP contribution in [-0.2, 0) is 0 Å². The van der Waals surface area contributed by atoms with Crippen LogP contribution in [0.5, 0.6) is 0 Å². The van der Waals surface area contributed by atoms with Crippen LogP contribution in [-0.4, -0.2) is 6.54 Å². The standard InChI is InChI=1S/C14H22ClN/c1-3-4-5-6-7-10-16-14-9-8-12(2)11-13(14)15/h8-9,11,16H,3-7,10H2,1-2H3. The summed E-state index contributed by atoms with van der Waals surface area (Å²) in [4.78, 5) is 0. The molecule has 0 fully saturated rings. The summed E-state index contributed by atoms with van der Waals surface area (Å²) in [5.41, 5.74) is 2.27. The topological polar surface area (TPSA) is 12.0 Å². The van der Waals surface area contributed by atoms with E-state index in [0.717, 1.165) is 17.3 Å². The zero-order valence-electron chi connectivity index (χ0n) is 10.4. The number of hydrogen-bond donors (Lipinski definition) is 1. The Kier molecular flexibility index (Phi) is 6.32. The molecule has 90 valence electrons. The van der Waals surface area contributed by atoms with Gasteiger partial charge in [0.15, 0.2) is 0 Å². The predicted octanol–water partition coefficient (Wildman–Crippen LogP) is 5.03. The Hall–Kier alpha value is -0.690. The first-order chi connectivity index (χ1) is 7.74. The van der Waals surface area contributed by atoms with Crippen LogP contribution < -0.4 is 5.32 Å². The van der Waals surface area contributed by atoms with Crippen molar-refractivity contribution in [3.05, 3.63) is 28.8 Å². The van der Waals surface area contributed by atoms with Crippen LogP contribution in [0.1, 0.15) is 44.6 Å². The summed E-state index contributed by atoms with van der Waals surface area (Å²) in [7, 11) is 0. The van der Waals surface area contributed by atoms with E-state index >= 15 is 0 Å². The van der Waals surface area contributed by atoms with Crippen LogP contribution >= 0.6 is 11.6 Å². The van der Waals surface area contributed by atoms with Crippen LogP contribution in [0.4, 0.5) is 5.69 Å². The number of anilines is 1. The fraction of sp³-hybridized carbons (Fsp3) is 0.571. The molecule has 1 N–H and O–H groups in total. The molecule has 1 aromatic carbocycles. The van der Waals surface area contributed by atoms with Gasteiger partial charge >= 0.3 is 0 Å². The van der Waals surface area contributed by atoms with E-state index in [1.807, 2.05) is 6.07 Å². The van der Waals surface area contributed by atoms with Crippen LogP contribution in [0, 0.1) is 6.92 Å². The second kappa shape index (κ2) is 7.56. The molecule has 0 bridgehead atoms. The lowest BCUT2D eigenvalue weighted by Crippen LogP contribution is -2.01. The Labute approximate surface area is 104 Å². The maximum atomic E-state index is 6.13. The smallest absolute Gasteiger partial charge is 0.0640 e. The Balaban J connectivity index is 2.21. The van der Waals surface area contributed by atoms with Gasteiger partial charge in [-0.15, -0.1) is 0 Å². The fourth-order valence-electron chi connectivity index (χ4n) is 1.72. The fourth-order valence-corrected chi connectivity index (χ4v) is 2.02. The molecule has 0 heterocycles. The minimum atomic E-state index is 0.827. The van der Waals surface area contributed by atoms with Gasteiger partial charge in [-0.3, -0.25) is 0 Å². The molecule has 1 rings (SSSR count). The molecule has 0 saturated heterocycles. The average Bonchev–Trinajstić information content (AvgIpc) is 2.26. The van der Waals surface area contributed by atoms with Gasteiger partial charge in [-0.1, -0.05) is 50.3 Å². The van der Waals surface area contributed by atoms with Crippen LogP contribution in [0.25, 0.3) is 0 Å². The summed E-state index contributed by atoms with van der Waals surface area (Å²) in [5, 5.41) is 4.21. The van der Waals surface area contributed by atoms with Gasteiger partial charge in [-0.25, -0.2) is 0 Å². The molecule has 0 aliphatic heterocycles. The molecule has 0 aliphatic rings. The van der Waals surface area contributed by atoms with Crippen molar-refractivity contribution in [1.29, 1.82) is 0 Å². The molecule has 0 radical (unpaired) electrons. The van der Waals surface area contributed by atoms with Gasteiger partial charge in [0.05, 0.1) is 10.7 Å². The van der Waals surface area contributed by atoms with Gasteiger partial charge in [0, 0.05) is 6.54 Å². The molecule has 1 nitrogen and oxygen atoms in total. The van der Waals surface area contributed by atoms with Crippen molar-refractivity contribution in [1.82, 2.24) is 0 Å². The Morgan fingerprint density at radius 1 is 1.12 bits per heavy atom. The van der Waals surface area contributed by atoms with Crippen molar-refractivity contribution in [3.8, 4) is 0 Å². The van der Waals surface area contributed by atoms with Crippen LogP contribution in [0.2, 0.25) is 5.02 Å². The zero-order valence-corrected chi connectivity index (χ0v) is 11.1. The van der Waals surface area contributed by atoms with E-state index in [2.05, 4.69) is 31.3 Å². The maximum Gasteiger partial charge on any atom is 0.0640 e. The summed E-state index contributed by atoms with van der Waals surface area (Å²) in [6.07, 6.45) is 6.54. The van der Waals surface area contributed by atoms with E-state index in [9.17, 15) is 0 Å². The highest BCUT2D eigenvalue weighted by Crippen LogP contribution is 2.22. The first kappa shape index (κ1) is 13.4. The Bertz CT molecular complexity index is 310. The highest BCUT2D eigenvalue weighted by Gasteiger charge is 1.98. The molecule has 0 spiro atoms. The van der Waals surface area contributed by atoms with Gasteiger partial charge in [-0.2, -0.15) is 0 Å². The van der Waals surface area contributed by atoms with Gasteiger partial charge in [0.25, 0.3) is 0 Å². The van der Waals surface area contributed by atoms with Crippen molar-refractivity contribution in [2.75, 3.05) is 11.9 Å². The van der Waals surface area contributed by atoms with E-state index in [4.69, 9.17) is 11.6 Å². The van der Waals surface area contributed by atoms with E-state index in [0.29, 0.717) is 0 Å². The zero-order chi connectivity index (χ0) is 11.8. The van der Waals surface area contributed by atoms with Crippen molar-refractivity contribution in [2.24, 2.45) is 0 Å². The molecule has 2 heteroatoms. The molecule has 1 aromatic rings. The van der Waals surface area contributed by atoms with E-state index in [1.54, 1.807) is 0 Å². The summed E-state index contributed by atoms with van der Waals surface area (Å²) in [6, 6.07) is 6.15. The third-order valence-electron chi connectivity index (χ3n) is 2.72. The number of hydrogen-bond acceptors (Lipinski definition) is 1. The summed E-state index contributed by atoms with van der Waals surface area (Å²) in [6.45, 7) is 5.32. The summed E-state index contributed by atoms with van der Waals surface area (Å²) >= 11 is 6.13. The number of nitrogens with one attached hydrogen (secondary N) is 1. The second-order valence-electron chi connectivity index (χ2n) is 4.32. The van der Waals surface area contributed by atoms with Gasteiger partial charge < -0.3 is 5.32 Å². The third kappa shape index (κ3) is 4.89. The average molecular weight is 240 g/mol. The maximum absolute atomic E-state index is 6.13. The number of halogens is 1. The largest absolute Gasteiger partial charge is 0.384 e. The van der Waals surface area contributed by atoms with E-state index in [-0.39, 0.29) is 0 Å². The minimum Gasteiger partial charge on any atom is -0.384 e. The van der Waals surface area contributed by atoms with Gasteiger partial charge in [0.1, 0.15) is 0 Å². The quantitative estimate of drug-likeness (QED) is 0.658. The highest BCUT2D eigenvalue weighted by molar-refractivity contribution is 6.33. The molecule has 0 aromatic heterocycles. The normalized spacial score (nSPS) is 10.4. The molecule has 0 amide bonds. The molecular formula is C14H22ClN. The summed E-state index contributed by atoms with van der Waals surface area (Å²) in [5.74, 6) is 0. The van der Waals surface area contributed by atoms with E-state index in [1.165, 1.54) is 37.7 Å². The molecule has 0 aliphatic carbocycles. The van der Waals surface area contributed by atoms with Crippen molar-refractivity contribution >= 4 is 17.3 Å². The number of aryl methyl sites for hydroxylation is 1. The van der Waals surface area contributed by atoms with Crippen molar-refractivity contribution < 1.29 is 0 Å². The third-order valence-corrected chi connectivity index (χ3v) is 3.03. The predicted molar refractivity (Wildman–Crippen MR) is 73.4 cm³/mol. The lowest BCUT2D eigenvalue weighted by atomic mass is 10.1. The van der Waals surface area contributed by atoms with Crippen LogP contribution in [0.3, 0.4) is 0 Å². The lowest BCUT2D eigenvalue weighted by molar-refractivity contribution is 0.645. The molecule has 0 atom stereocenters. The van der Waals surface area contributed by atoms with Crippen molar-refractivity contribution in [2.45, 2.75) is 46.0 Å². The molecular weight excluding hydrogens is 218 g/mol. The monoisotopic (exact) mass is 239 g/mol. The number of unbranched alkanes of at least 4 members (excludes halogenated alkanes) is 4. The number of rotatable bonds is 7. The molecule has 0 saturated carbocycles. The van der Waals surface area contributed by atoms with Crippen molar-refractivity contribution in [3.63, 3.8) is 0 Å². The van der Waals surface area contributed by atoms with E-state index < -0.39 is 0 Å². The molecule has 16 heavy (non-hydrogen) atoms. The summed E-state index contributed by atoms with van der Waals surface area (Å²) < 4.78 is 0. The van der Waals surface area contributed by atoms with Gasteiger partial charge in [-0.05, 0) is 31.0 Å². The molecule has 0 unspecified atom stereocenters. The first-order valence-corrected chi connectivity index (χ1v) is 6.62. The Morgan fingerprint density at radius 2 is 1.88 bits per heavy atom. The lowest BCUT2D eigenvalue weighted by Gasteiger charge is -2.08. The number of benzene rings is 1.